The van der Waals surface area contributed by atoms with E-state index in [0.717, 1.165) is 68.5 Å². The van der Waals surface area contributed by atoms with Gasteiger partial charge in [-0.05, 0) is 26.7 Å². The van der Waals surface area contributed by atoms with Crippen molar-refractivity contribution in [3.63, 3.8) is 0 Å². The number of hydrogen-bond donors (Lipinski definition) is 2. The zero-order valence-corrected chi connectivity index (χ0v) is 18.7. The zero-order valence-electron chi connectivity index (χ0n) is 15.6. The van der Waals surface area contributed by atoms with Crippen LogP contribution in [0.2, 0.25) is 0 Å². The molecule has 0 unspecified atom stereocenters. The van der Waals surface area contributed by atoms with E-state index in [9.17, 15) is 0 Å². The van der Waals surface area contributed by atoms with Crippen LogP contribution < -0.4 is 10.6 Å². The lowest BCUT2D eigenvalue weighted by molar-refractivity contribution is 0.145. The number of thiazole rings is 1. The third-order valence-corrected chi connectivity index (χ3v) is 4.81. The van der Waals surface area contributed by atoms with Gasteiger partial charge in [0.05, 0.1) is 23.9 Å². The predicted molar refractivity (Wildman–Crippen MR) is 116 cm³/mol. The summed E-state index contributed by atoms with van der Waals surface area (Å²) < 4.78 is 5.21. The fourth-order valence-electron chi connectivity index (χ4n) is 2.59. The number of aliphatic imine (C=N–C) groups is 1. The van der Waals surface area contributed by atoms with Crippen molar-refractivity contribution < 1.29 is 4.74 Å². The van der Waals surface area contributed by atoms with E-state index in [0.29, 0.717) is 0 Å². The lowest BCUT2D eigenvalue weighted by atomic mass is 10.3. The number of methoxy groups -OCH3 is 1. The van der Waals surface area contributed by atoms with Gasteiger partial charge < -0.3 is 15.4 Å². The highest BCUT2D eigenvalue weighted by Gasteiger charge is 2.28. The minimum Gasteiger partial charge on any atom is -0.383 e. The number of guanidine groups is 1. The molecule has 1 aliphatic rings. The van der Waals surface area contributed by atoms with E-state index in [2.05, 4.69) is 32.8 Å². The molecular formula is C17H32IN5OS. The van der Waals surface area contributed by atoms with Gasteiger partial charge in [0, 0.05) is 51.1 Å². The highest BCUT2D eigenvalue weighted by molar-refractivity contribution is 14.0. The monoisotopic (exact) mass is 481 g/mol. The first-order chi connectivity index (χ1) is 11.7. The predicted octanol–water partition coefficient (Wildman–Crippen LogP) is 2.28. The number of ether oxygens (including phenoxy) is 1. The van der Waals surface area contributed by atoms with Crippen LogP contribution in [0, 0.1) is 6.92 Å². The van der Waals surface area contributed by atoms with Crippen LogP contribution in [0.4, 0.5) is 0 Å². The number of rotatable bonds is 11. The summed E-state index contributed by atoms with van der Waals surface area (Å²) in [6.07, 6.45) is 3.56. The van der Waals surface area contributed by atoms with E-state index in [-0.39, 0.29) is 24.0 Å². The molecule has 1 aromatic rings. The van der Waals surface area contributed by atoms with Gasteiger partial charge in [-0.15, -0.1) is 35.3 Å². The van der Waals surface area contributed by atoms with Crippen molar-refractivity contribution in [1.29, 1.82) is 0 Å². The molecule has 2 rings (SSSR count). The van der Waals surface area contributed by atoms with Crippen LogP contribution in [0.25, 0.3) is 0 Å². The molecule has 0 aromatic carbocycles. The summed E-state index contributed by atoms with van der Waals surface area (Å²) >= 11 is 1.71. The lowest BCUT2D eigenvalue weighted by Gasteiger charge is -2.20. The smallest absolute Gasteiger partial charge is 0.191 e. The Labute approximate surface area is 172 Å². The van der Waals surface area contributed by atoms with Gasteiger partial charge in [0.25, 0.3) is 0 Å². The van der Waals surface area contributed by atoms with Crippen molar-refractivity contribution in [3.05, 3.63) is 16.1 Å². The Morgan fingerprint density at radius 3 is 2.80 bits per heavy atom. The average Bonchev–Trinajstić information content (AvgIpc) is 3.33. The second-order valence-corrected chi connectivity index (χ2v) is 7.12. The van der Waals surface area contributed by atoms with Crippen LogP contribution in [-0.2, 0) is 11.2 Å². The molecule has 8 heteroatoms. The van der Waals surface area contributed by atoms with E-state index in [4.69, 9.17) is 9.73 Å². The first-order valence-corrected chi connectivity index (χ1v) is 9.77. The van der Waals surface area contributed by atoms with Crippen LogP contribution in [0.5, 0.6) is 0 Å². The molecule has 1 aromatic heterocycles. The summed E-state index contributed by atoms with van der Waals surface area (Å²) in [5.74, 6) is 0.895. The molecule has 6 nitrogen and oxygen atoms in total. The Morgan fingerprint density at radius 1 is 1.40 bits per heavy atom. The van der Waals surface area contributed by atoms with Crippen LogP contribution in [-0.4, -0.2) is 68.3 Å². The van der Waals surface area contributed by atoms with Crippen molar-refractivity contribution in [2.75, 3.05) is 46.4 Å². The highest BCUT2D eigenvalue weighted by atomic mass is 127. The van der Waals surface area contributed by atoms with Gasteiger partial charge in [-0.3, -0.25) is 9.89 Å². The first kappa shape index (κ1) is 22.6. The molecule has 25 heavy (non-hydrogen) atoms. The number of nitrogens with zero attached hydrogens (tertiary/aromatic N) is 3. The van der Waals surface area contributed by atoms with Gasteiger partial charge in [0.15, 0.2) is 5.96 Å². The summed E-state index contributed by atoms with van der Waals surface area (Å²) in [7, 11) is 1.76. The maximum absolute atomic E-state index is 5.21. The molecular weight excluding hydrogens is 449 g/mol. The van der Waals surface area contributed by atoms with Gasteiger partial charge in [-0.2, -0.15) is 0 Å². The first-order valence-electron chi connectivity index (χ1n) is 8.89. The second kappa shape index (κ2) is 12.8. The minimum absolute atomic E-state index is 0. The highest BCUT2D eigenvalue weighted by Crippen LogP contribution is 2.26. The van der Waals surface area contributed by atoms with Crippen LogP contribution in [0.3, 0.4) is 0 Å². The molecule has 0 radical (unpaired) electrons. The van der Waals surface area contributed by atoms with E-state index >= 15 is 0 Å². The fourth-order valence-corrected chi connectivity index (χ4v) is 3.24. The Kier molecular flexibility index (Phi) is 11.6. The zero-order chi connectivity index (χ0) is 17.2. The molecule has 1 heterocycles. The molecule has 144 valence electrons. The normalized spacial score (nSPS) is 14.5. The number of aromatic nitrogens is 1. The quantitative estimate of drug-likeness (QED) is 0.289. The topological polar surface area (TPSA) is 61.8 Å². The van der Waals surface area contributed by atoms with Gasteiger partial charge in [0.1, 0.15) is 0 Å². The van der Waals surface area contributed by atoms with Gasteiger partial charge in [-0.25, -0.2) is 4.98 Å². The van der Waals surface area contributed by atoms with E-state index in [1.807, 2.05) is 6.92 Å². The third kappa shape index (κ3) is 9.16. The third-order valence-electron chi connectivity index (χ3n) is 3.99. The molecule has 0 aliphatic heterocycles. The van der Waals surface area contributed by atoms with Crippen LogP contribution in [0.1, 0.15) is 30.5 Å². The van der Waals surface area contributed by atoms with Crippen molar-refractivity contribution in [2.45, 2.75) is 39.2 Å². The molecule has 0 atom stereocenters. The number of nitrogens with one attached hydrogen (secondary N) is 2. The second-order valence-electron chi connectivity index (χ2n) is 6.06. The molecule has 2 N–H and O–H groups in total. The lowest BCUT2D eigenvalue weighted by Crippen LogP contribution is -2.39. The van der Waals surface area contributed by atoms with Crippen molar-refractivity contribution in [1.82, 2.24) is 20.5 Å². The Hall–Kier alpha value is -0.450. The van der Waals surface area contributed by atoms with E-state index < -0.39 is 0 Å². The Balaban J connectivity index is 0.00000312. The molecule has 0 bridgehead atoms. The SMILES string of the molecule is CCNC(=NCCN(CCOC)C1CC1)NCCc1csc(C)n1.I. The maximum Gasteiger partial charge on any atom is 0.191 e. The maximum atomic E-state index is 5.21. The molecule has 0 saturated heterocycles. The summed E-state index contributed by atoms with van der Waals surface area (Å²) in [6.45, 7) is 9.47. The summed E-state index contributed by atoms with van der Waals surface area (Å²) in [6, 6.07) is 0.749. The number of halogens is 1. The van der Waals surface area contributed by atoms with Crippen molar-refractivity contribution >= 4 is 41.3 Å². The standard InChI is InChI=1S/C17H31N5OS.HI/c1-4-18-17(19-8-7-15-13-24-14(2)21-15)20-9-10-22(11-12-23-3)16-5-6-16;/h13,16H,4-12H2,1-3H3,(H2,18,19,20);1H. The molecule has 1 fully saturated rings. The molecule has 0 amide bonds. The van der Waals surface area contributed by atoms with Gasteiger partial charge >= 0.3 is 0 Å². The number of hydrogen-bond acceptors (Lipinski definition) is 5. The average molecular weight is 481 g/mol. The van der Waals surface area contributed by atoms with Crippen LogP contribution in [0.15, 0.2) is 10.4 Å². The Bertz CT molecular complexity index is 507. The molecule has 0 spiro atoms. The largest absolute Gasteiger partial charge is 0.383 e. The van der Waals surface area contributed by atoms with Gasteiger partial charge in [0.2, 0.25) is 0 Å². The molecule has 1 aliphatic carbocycles. The number of aryl methyl sites for hydroxylation is 1. The van der Waals surface area contributed by atoms with Crippen LogP contribution >= 0.6 is 35.3 Å². The molecule has 1 saturated carbocycles. The van der Waals surface area contributed by atoms with Crippen molar-refractivity contribution in [2.24, 2.45) is 4.99 Å². The van der Waals surface area contributed by atoms with E-state index in [1.165, 1.54) is 12.8 Å². The summed E-state index contributed by atoms with van der Waals surface area (Å²) in [4.78, 5) is 11.7. The van der Waals surface area contributed by atoms with E-state index in [1.54, 1.807) is 18.4 Å². The summed E-state index contributed by atoms with van der Waals surface area (Å²) in [5.41, 5.74) is 1.15. The minimum atomic E-state index is 0. The van der Waals surface area contributed by atoms with Gasteiger partial charge in [-0.1, -0.05) is 0 Å². The Morgan fingerprint density at radius 2 is 2.20 bits per heavy atom. The van der Waals surface area contributed by atoms with Crippen molar-refractivity contribution in [3.8, 4) is 0 Å². The fraction of sp³-hybridized carbons (Fsp3) is 0.765. The summed E-state index contributed by atoms with van der Waals surface area (Å²) in [5, 5.41) is 9.97.